The molecule has 9 heavy (non-hydrogen) atoms. The van der Waals surface area contributed by atoms with Gasteiger partial charge >= 0.3 is 0 Å². The summed E-state index contributed by atoms with van der Waals surface area (Å²) in [6, 6.07) is 0. The van der Waals surface area contributed by atoms with Crippen molar-refractivity contribution in [2.45, 2.75) is 20.0 Å². The Kier molecular flexibility index (Phi) is 6.86. The minimum absolute atomic E-state index is 0.320. The SMILES string of the molecule is C/C=C/C(CI)OCC. The Morgan fingerprint density at radius 3 is 2.67 bits per heavy atom. The summed E-state index contributed by atoms with van der Waals surface area (Å²) in [5.74, 6) is 0. The number of ether oxygens (including phenoxy) is 1. The van der Waals surface area contributed by atoms with E-state index in [0.29, 0.717) is 6.10 Å². The molecule has 0 heterocycles. The van der Waals surface area contributed by atoms with E-state index in [-0.39, 0.29) is 0 Å². The Balaban J connectivity index is 3.41. The van der Waals surface area contributed by atoms with E-state index in [4.69, 9.17) is 4.74 Å². The summed E-state index contributed by atoms with van der Waals surface area (Å²) in [4.78, 5) is 0. The molecule has 0 aromatic carbocycles. The van der Waals surface area contributed by atoms with Crippen LogP contribution in [-0.4, -0.2) is 17.1 Å². The lowest BCUT2D eigenvalue weighted by Crippen LogP contribution is -2.10. The van der Waals surface area contributed by atoms with Gasteiger partial charge in [0.2, 0.25) is 0 Å². The quantitative estimate of drug-likeness (QED) is 0.416. The lowest BCUT2D eigenvalue weighted by atomic mass is 10.4. The summed E-state index contributed by atoms with van der Waals surface area (Å²) in [7, 11) is 0. The molecule has 0 aliphatic heterocycles. The van der Waals surface area contributed by atoms with Crippen molar-refractivity contribution in [2.24, 2.45) is 0 Å². The van der Waals surface area contributed by atoms with Gasteiger partial charge in [-0.15, -0.1) is 0 Å². The molecule has 2 heteroatoms. The van der Waals surface area contributed by atoms with Crippen LogP contribution in [0.15, 0.2) is 12.2 Å². The van der Waals surface area contributed by atoms with E-state index in [1.165, 1.54) is 0 Å². The summed E-state index contributed by atoms with van der Waals surface area (Å²) in [5.41, 5.74) is 0. The summed E-state index contributed by atoms with van der Waals surface area (Å²) in [6.07, 6.45) is 4.43. The third-order valence-corrected chi connectivity index (χ3v) is 1.81. The summed E-state index contributed by atoms with van der Waals surface area (Å²) < 4.78 is 6.37. The molecule has 0 amide bonds. The van der Waals surface area contributed by atoms with Gasteiger partial charge in [-0.3, -0.25) is 0 Å². The Morgan fingerprint density at radius 1 is 1.67 bits per heavy atom. The van der Waals surface area contributed by atoms with Crippen LogP contribution in [0.3, 0.4) is 0 Å². The van der Waals surface area contributed by atoms with Crippen molar-refractivity contribution in [1.82, 2.24) is 0 Å². The number of allylic oxidation sites excluding steroid dienone is 1. The molecule has 0 spiro atoms. The van der Waals surface area contributed by atoms with Gasteiger partial charge in [-0.05, 0) is 13.8 Å². The predicted molar refractivity (Wildman–Crippen MR) is 49.1 cm³/mol. The Labute approximate surface area is 70.6 Å². The summed E-state index contributed by atoms with van der Waals surface area (Å²) in [6.45, 7) is 4.83. The molecule has 0 saturated heterocycles. The van der Waals surface area contributed by atoms with Crippen LogP contribution in [0.5, 0.6) is 0 Å². The van der Waals surface area contributed by atoms with Gasteiger partial charge in [0.1, 0.15) is 0 Å². The van der Waals surface area contributed by atoms with Crippen LogP contribution in [0.25, 0.3) is 0 Å². The Morgan fingerprint density at radius 2 is 2.33 bits per heavy atom. The van der Waals surface area contributed by atoms with Gasteiger partial charge < -0.3 is 4.74 Å². The molecule has 0 bridgehead atoms. The van der Waals surface area contributed by atoms with Crippen LogP contribution in [-0.2, 0) is 4.74 Å². The van der Waals surface area contributed by atoms with E-state index in [9.17, 15) is 0 Å². The van der Waals surface area contributed by atoms with Gasteiger partial charge in [0.25, 0.3) is 0 Å². The zero-order valence-electron chi connectivity index (χ0n) is 5.93. The van der Waals surface area contributed by atoms with Gasteiger partial charge in [0.15, 0.2) is 0 Å². The number of halogens is 1. The standard InChI is InChI=1S/C7H13IO/c1-3-5-7(6-8)9-4-2/h3,5,7H,4,6H2,1-2H3/b5-3+. The molecule has 0 aliphatic carbocycles. The van der Waals surface area contributed by atoms with Gasteiger partial charge in [0.05, 0.1) is 6.10 Å². The van der Waals surface area contributed by atoms with Crippen LogP contribution in [0.1, 0.15) is 13.8 Å². The van der Waals surface area contributed by atoms with Crippen molar-refractivity contribution >= 4 is 22.6 Å². The average molecular weight is 240 g/mol. The maximum Gasteiger partial charge on any atom is 0.0844 e. The Bertz CT molecular complexity index is 81.0. The first-order valence-corrected chi connectivity index (χ1v) is 4.68. The van der Waals surface area contributed by atoms with Gasteiger partial charge in [-0.1, -0.05) is 34.7 Å². The van der Waals surface area contributed by atoms with E-state index in [2.05, 4.69) is 28.7 Å². The third kappa shape index (κ3) is 4.90. The number of hydrogen-bond acceptors (Lipinski definition) is 1. The molecule has 1 atom stereocenters. The first-order chi connectivity index (χ1) is 4.35. The average Bonchev–Trinajstić information content (AvgIpc) is 1.88. The Hall–Kier alpha value is 0.430. The molecule has 0 N–H and O–H groups in total. The van der Waals surface area contributed by atoms with Gasteiger partial charge in [-0.25, -0.2) is 0 Å². The smallest absolute Gasteiger partial charge is 0.0844 e. The lowest BCUT2D eigenvalue weighted by Gasteiger charge is -2.07. The highest BCUT2D eigenvalue weighted by Gasteiger charge is 1.97. The fourth-order valence-electron chi connectivity index (χ4n) is 0.580. The van der Waals surface area contributed by atoms with E-state index in [1.807, 2.05) is 19.9 Å². The predicted octanol–water partition coefficient (Wildman–Crippen LogP) is 2.40. The highest BCUT2D eigenvalue weighted by molar-refractivity contribution is 14.1. The molecule has 0 saturated carbocycles. The zero-order chi connectivity index (χ0) is 7.11. The van der Waals surface area contributed by atoms with Crippen LogP contribution >= 0.6 is 22.6 Å². The van der Waals surface area contributed by atoms with Crippen molar-refractivity contribution in [3.8, 4) is 0 Å². The number of hydrogen-bond donors (Lipinski definition) is 0. The van der Waals surface area contributed by atoms with Crippen LogP contribution in [0, 0.1) is 0 Å². The molecular formula is C7H13IO. The van der Waals surface area contributed by atoms with Crippen LogP contribution in [0.2, 0.25) is 0 Å². The first kappa shape index (κ1) is 9.43. The lowest BCUT2D eigenvalue weighted by molar-refractivity contribution is 0.114. The fraction of sp³-hybridized carbons (Fsp3) is 0.714. The molecule has 54 valence electrons. The van der Waals surface area contributed by atoms with Crippen LogP contribution in [0.4, 0.5) is 0 Å². The van der Waals surface area contributed by atoms with E-state index in [1.54, 1.807) is 0 Å². The molecule has 0 rings (SSSR count). The maximum atomic E-state index is 5.34. The summed E-state index contributed by atoms with van der Waals surface area (Å²) in [5, 5.41) is 0. The van der Waals surface area contributed by atoms with E-state index >= 15 is 0 Å². The van der Waals surface area contributed by atoms with Crippen molar-refractivity contribution < 1.29 is 4.74 Å². The van der Waals surface area contributed by atoms with Crippen molar-refractivity contribution in [2.75, 3.05) is 11.0 Å². The van der Waals surface area contributed by atoms with Crippen molar-refractivity contribution in [1.29, 1.82) is 0 Å². The van der Waals surface area contributed by atoms with Gasteiger partial charge in [0, 0.05) is 11.0 Å². The first-order valence-electron chi connectivity index (χ1n) is 3.15. The van der Waals surface area contributed by atoms with Crippen molar-refractivity contribution in [3.63, 3.8) is 0 Å². The molecule has 0 radical (unpaired) electrons. The highest BCUT2D eigenvalue weighted by Crippen LogP contribution is 1.98. The molecular weight excluding hydrogens is 227 g/mol. The second kappa shape index (κ2) is 6.55. The molecule has 0 aromatic heterocycles. The van der Waals surface area contributed by atoms with Crippen molar-refractivity contribution in [3.05, 3.63) is 12.2 Å². The monoisotopic (exact) mass is 240 g/mol. The molecule has 0 aromatic rings. The molecule has 1 nitrogen and oxygen atoms in total. The normalized spacial score (nSPS) is 14.6. The van der Waals surface area contributed by atoms with Crippen LogP contribution < -0.4 is 0 Å². The zero-order valence-corrected chi connectivity index (χ0v) is 8.09. The minimum atomic E-state index is 0.320. The molecule has 0 aliphatic rings. The van der Waals surface area contributed by atoms with E-state index < -0.39 is 0 Å². The third-order valence-electron chi connectivity index (χ3n) is 0.940. The summed E-state index contributed by atoms with van der Waals surface area (Å²) >= 11 is 2.32. The second-order valence-corrected chi connectivity index (χ2v) is 2.55. The molecule has 1 unspecified atom stereocenters. The number of alkyl halides is 1. The second-order valence-electron chi connectivity index (χ2n) is 1.67. The fourth-order valence-corrected chi connectivity index (χ4v) is 1.13. The highest BCUT2D eigenvalue weighted by atomic mass is 127. The molecule has 0 fully saturated rings. The minimum Gasteiger partial charge on any atom is -0.374 e. The topological polar surface area (TPSA) is 9.23 Å². The number of rotatable bonds is 4. The van der Waals surface area contributed by atoms with Gasteiger partial charge in [-0.2, -0.15) is 0 Å². The largest absolute Gasteiger partial charge is 0.374 e. The maximum absolute atomic E-state index is 5.34. The van der Waals surface area contributed by atoms with E-state index in [0.717, 1.165) is 11.0 Å².